The maximum Gasteiger partial charge on any atom is 0.220 e. The largest absolute Gasteiger partial charge is 0.355 e. The van der Waals surface area contributed by atoms with Crippen LogP contribution in [0.5, 0.6) is 0 Å². The highest BCUT2D eigenvalue weighted by Gasteiger charge is 2.15. The number of thioether (sulfide) groups is 1. The summed E-state index contributed by atoms with van der Waals surface area (Å²) in [5.41, 5.74) is 3.54. The predicted molar refractivity (Wildman–Crippen MR) is 143 cm³/mol. The van der Waals surface area contributed by atoms with Gasteiger partial charge in [0, 0.05) is 37.4 Å². The lowest BCUT2D eigenvalue weighted by Gasteiger charge is -2.26. The van der Waals surface area contributed by atoms with E-state index in [0.29, 0.717) is 6.42 Å². The molecule has 186 valence electrons. The number of hydrogen-bond donors (Lipinski definition) is 1. The first kappa shape index (κ1) is 25.5. The molecule has 35 heavy (non-hydrogen) atoms. The number of nitrogens with zero attached hydrogens (tertiary/aromatic N) is 4. The van der Waals surface area contributed by atoms with Gasteiger partial charge in [-0.15, -0.1) is 10.2 Å². The van der Waals surface area contributed by atoms with Gasteiger partial charge in [0.1, 0.15) is 5.82 Å². The van der Waals surface area contributed by atoms with Gasteiger partial charge in [-0.1, -0.05) is 66.2 Å². The first-order valence-corrected chi connectivity index (χ1v) is 13.8. The second-order valence-corrected chi connectivity index (χ2v) is 10.4. The van der Waals surface area contributed by atoms with Crippen LogP contribution >= 0.6 is 11.8 Å². The highest BCUT2D eigenvalue weighted by Crippen LogP contribution is 2.25. The predicted octanol–water partition coefficient (Wildman–Crippen LogP) is 5.03. The number of aromatic nitrogens is 3. The molecule has 1 aliphatic heterocycles. The molecule has 4 rings (SSSR count). The Morgan fingerprint density at radius 1 is 0.971 bits per heavy atom. The van der Waals surface area contributed by atoms with E-state index in [9.17, 15) is 4.79 Å². The molecule has 2 heterocycles. The van der Waals surface area contributed by atoms with Crippen LogP contribution in [0.25, 0.3) is 5.69 Å². The van der Waals surface area contributed by atoms with E-state index in [0.717, 1.165) is 54.8 Å². The first-order valence-electron chi connectivity index (χ1n) is 12.9. The van der Waals surface area contributed by atoms with Crippen molar-refractivity contribution in [1.82, 2.24) is 25.0 Å². The highest BCUT2D eigenvalue weighted by atomic mass is 32.2. The molecule has 0 saturated carbocycles. The van der Waals surface area contributed by atoms with Crippen molar-refractivity contribution >= 4 is 17.7 Å². The third kappa shape index (κ3) is 7.94. The Labute approximate surface area is 213 Å². The van der Waals surface area contributed by atoms with Crippen molar-refractivity contribution in [3.8, 4) is 5.69 Å². The number of nitrogens with one attached hydrogen (secondary N) is 1. The van der Waals surface area contributed by atoms with Gasteiger partial charge in [0.05, 0.1) is 0 Å². The normalized spacial score (nSPS) is 14.2. The van der Waals surface area contributed by atoms with Gasteiger partial charge in [0.25, 0.3) is 0 Å². The molecular weight excluding hydrogens is 454 g/mol. The van der Waals surface area contributed by atoms with Gasteiger partial charge in [0.15, 0.2) is 5.16 Å². The highest BCUT2D eigenvalue weighted by molar-refractivity contribution is 7.99. The Morgan fingerprint density at radius 2 is 1.74 bits per heavy atom. The monoisotopic (exact) mass is 491 g/mol. The van der Waals surface area contributed by atoms with Crippen molar-refractivity contribution in [3.05, 3.63) is 71.5 Å². The molecule has 0 aliphatic carbocycles. The van der Waals surface area contributed by atoms with Crippen molar-refractivity contribution in [2.75, 3.05) is 31.9 Å². The summed E-state index contributed by atoms with van der Waals surface area (Å²) in [5.74, 6) is 2.02. The minimum absolute atomic E-state index is 0.167. The Kier molecular flexibility index (Phi) is 9.78. The number of rotatable bonds is 12. The van der Waals surface area contributed by atoms with Crippen molar-refractivity contribution in [2.45, 2.75) is 57.0 Å². The van der Waals surface area contributed by atoms with Crippen LogP contribution in [0.4, 0.5) is 0 Å². The van der Waals surface area contributed by atoms with E-state index in [4.69, 9.17) is 0 Å². The third-order valence-corrected chi connectivity index (χ3v) is 7.44. The van der Waals surface area contributed by atoms with Crippen molar-refractivity contribution in [2.24, 2.45) is 0 Å². The van der Waals surface area contributed by atoms with E-state index >= 15 is 0 Å². The molecule has 1 amide bonds. The van der Waals surface area contributed by atoms with Gasteiger partial charge < -0.3 is 10.2 Å². The lowest BCUT2D eigenvalue weighted by Crippen LogP contribution is -2.37. The number of likely N-dealkylation sites (tertiary alicyclic amines) is 1. The molecule has 7 heteroatoms. The summed E-state index contributed by atoms with van der Waals surface area (Å²) in [6.45, 7) is 6.18. The number of carbonyl (C=O) groups excluding carboxylic acids is 1. The molecule has 1 N–H and O–H groups in total. The maximum atomic E-state index is 12.2. The third-order valence-electron chi connectivity index (χ3n) is 6.43. The quantitative estimate of drug-likeness (QED) is 0.284. The molecule has 0 radical (unpaired) electrons. The molecule has 1 aliphatic rings. The average Bonchev–Trinajstić information content (AvgIpc) is 3.27. The summed E-state index contributed by atoms with van der Waals surface area (Å²) < 4.78 is 2.17. The van der Waals surface area contributed by atoms with Crippen LogP contribution in [0.2, 0.25) is 0 Å². The van der Waals surface area contributed by atoms with Crippen molar-refractivity contribution in [3.63, 3.8) is 0 Å². The van der Waals surface area contributed by atoms with E-state index in [1.54, 1.807) is 11.8 Å². The van der Waals surface area contributed by atoms with Gasteiger partial charge in [-0.25, -0.2) is 0 Å². The van der Waals surface area contributed by atoms with Gasteiger partial charge in [0.2, 0.25) is 5.91 Å². The van der Waals surface area contributed by atoms with Crippen LogP contribution in [0.15, 0.2) is 59.8 Å². The van der Waals surface area contributed by atoms with Crippen molar-refractivity contribution < 1.29 is 4.79 Å². The molecule has 6 nitrogen and oxygen atoms in total. The summed E-state index contributed by atoms with van der Waals surface area (Å²) >= 11 is 1.72. The number of carbonyl (C=O) groups is 1. The van der Waals surface area contributed by atoms with Gasteiger partial charge >= 0.3 is 0 Å². The average molecular weight is 492 g/mol. The fourth-order valence-corrected chi connectivity index (χ4v) is 5.39. The Balaban J connectivity index is 1.26. The molecule has 0 bridgehead atoms. The number of unbranched alkanes of at least 4 members (excludes halogenated alkanes) is 1. The number of aryl methyl sites for hydroxylation is 1. The summed E-state index contributed by atoms with van der Waals surface area (Å²) in [6, 6.07) is 18.9. The summed E-state index contributed by atoms with van der Waals surface area (Å²) in [5, 5.41) is 13.0. The second kappa shape index (κ2) is 13.4. The molecule has 0 unspecified atom stereocenters. The van der Waals surface area contributed by atoms with Crippen LogP contribution in [0, 0.1) is 6.92 Å². The molecule has 1 fully saturated rings. The smallest absolute Gasteiger partial charge is 0.220 e. The second-order valence-electron chi connectivity index (χ2n) is 9.29. The number of hydrogen-bond acceptors (Lipinski definition) is 5. The molecule has 3 aromatic rings. The van der Waals surface area contributed by atoms with E-state index in [2.05, 4.69) is 80.4 Å². The van der Waals surface area contributed by atoms with Crippen molar-refractivity contribution in [1.29, 1.82) is 0 Å². The van der Waals surface area contributed by atoms with Crippen LogP contribution in [0.1, 0.15) is 55.5 Å². The Bertz CT molecular complexity index is 1040. The van der Waals surface area contributed by atoms with Crippen LogP contribution in [-0.4, -0.2) is 57.5 Å². The molecular formula is C28H37N5OS. The van der Waals surface area contributed by atoms with E-state index < -0.39 is 0 Å². The van der Waals surface area contributed by atoms with Gasteiger partial charge in [-0.3, -0.25) is 9.36 Å². The van der Waals surface area contributed by atoms with Crippen LogP contribution < -0.4 is 5.32 Å². The Hall–Kier alpha value is -2.64. The fourth-order valence-electron chi connectivity index (χ4n) is 4.42. The lowest BCUT2D eigenvalue weighted by molar-refractivity contribution is -0.121. The van der Waals surface area contributed by atoms with Crippen LogP contribution in [0.3, 0.4) is 0 Å². The van der Waals surface area contributed by atoms with E-state index in [1.165, 1.54) is 43.5 Å². The molecule has 1 aromatic heterocycles. The standard InChI is InChI=1S/C28H37N5OS/c1-23-13-15-25(16-14-23)33-26(22-24-10-4-2-5-11-24)30-31-28(33)35-21-9-6-12-27(34)29-17-20-32-18-7-3-8-19-32/h2,4-5,10-11,13-16H,3,6-9,12,17-22H2,1H3,(H,29,34). The number of benzene rings is 2. The van der Waals surface area contributed by atoms with E-state index in [1.807, 2.05) is 6.07 Å². The zero-order chi connectivity index (χ0) is 24.3. The van der Waals surface area contributed by atoms with Crippen LogP contribution in [-0.2, 0) is 11.2 Å². The summed E-state index contributed by atoms with van der Waals surface area (Å²) in [4.78, 5) is 14.7. The minimum Gasteiger partial charge on any atom is -0.355 e. The van der Waals surface area contributed by atoms with Gasteiger partial charge in [-0.2, -0.15) is 0 Å². The SMILES string of the molecule is Cc1ccc(-n2c(Cc3ccccc3)nnc2SCCCCC(=O)NCCN2CCCCC2)cc1. The molecule has 0 atom stereocenters. The minimum atomic E-state index is 0.167. The fraction of sp³-hybridized carbons (Fsp3) is 0.464. The summed E-state index contributed by atoms with van der Waals surface area (Å²) in [6.07, 6.45) is 7.10. The zero-order valence-corrected chi connectivity index (χ0v) is 21.6. The maximum absolute atomic E-state index is 12.2. The lowest BCUT2D eigenvalue weighted by atomic mass is 10.1. The summed E-state index contributed by atoms with van der Waals surface area (Å²) in [7, 11) is 0. The zero-order valence-electron chi connectivity index (χ0n) is 20.8. The van der Waals surface area contributed by atoms with Gasteiger partial charge in [-0.05, 0) is 63.4 Å². The molecule has 2 aromatic carbocycles. The van der Waals surface area contributed by atoms with E-state index in [-0.39, 0.29) is 5.91 Å². The number of piperidine rings is 1. The molecule has 1 saturated heterocycles. The topological polar surface area (TPSA) is 63.1 Å². The Morgan fingerprint density at radius 3 is 2.51 bits per heavy atom. The number of amides is 1. The molecule has 0 spiro atoms. The first-order chi connectivity index (χ1) is 17.2.